The molecule has 3 aromatic rings. The number of hydrogen-bond acceptors (Lipinski definition) is 6. The second kappa shape index (κ2) is 4.30. The number of hydrogen-bond donors (Lipinski definition) is 1. The van der Waals surface area contributed by atoms with E-state index in [1.54, 1.807) is 24.5 Å². The van der Waals surface area contributed by atoms with Gasteiger partial charge in [0.2, 0.25) is 0 Å². The fraction of sp³-hybridized carbons (Fsp3) is 0.0833. The van der Waals surface area contributed by atoms with Crippen LogP contribution in [-0.4, -0.2) is 15.0 Å². The summed E-state index contributed by atoms with van der Waals surface area (Å²) in [4.78, 5) is 12.8. The minimum atomic E-state index is 0.541. The first-order chi connectivity index (χ1) is 8.72. The lowest BCUT2D eigenvalue weighted by Gasteiger charge is -1.97. The Morgan fingerprint density at radius 3 is 2.89 bits per heavy atom. The summed E-state index contributed by atoms with van der Waals surface area (Å²) in [5.41, 5.74) is 8.68. The summed E-state index contributed by atoms with van der Waals surface area (Å²) in [5, 5.41) is 1.33. The number of oxazole rings is 1. The smallest absolute Gasteiger partial charge is 0.263 e. The molecule has 0 saturated heterocycles. The van der Waals surface area contributed by atoms with Crippen molar-refractivity contribution in [3.63, 3.8) is 0 Å². The molecule has 5 nitrogen and oxygen atoms in total. The second-order valence-electron chi connectivity index (χ2n) is 3.76. The van der Waals surface area contributed by atoms with Gasteiger partial charge in [0.15, 0.2) is 5.58 Å². The van der Waals surface area contributed by atoms with E-state index in [9.17, 15) is 0 Å². The van der Waals surface area contributed by atoms with Crippen LogP contribution in [0, 0.1) is 6.92 Å². The van der Waals surface area contributed by atoms with Crippen LogP contribution in [0.25, 0.3) is 11.1 Å². The van der Waals surface area contributed by atoms with Gasteiger partial charge in [-0.3, -0.25) is 4.98 Å². The molecule has 18 heavy (non-hydrogen) atoms. The van der Waals surface area contributed by atoms with Crippen molar-refractivity contribution in [2.45, 2.75) is 17.2 Å². The second-order valence-corrected chi connectivity index (χ2v) is 4.70. The van der Waals surface area contributed by atoms with E-state index in [1.165, 1.54) is 11.8 Å². The van der Waals surface area contributed by atoms with Crippen LogP contribution in [0.4, 0.5) is 5.69 Å². The van der Waals surface area contributed by atoms with Crippen LogP contribution < -0.4 is 5.73 Å². The maximum atomic E-state index is 5.70. The van der Waals surface area contributed by atoms with Crippen molar-refractivity contribution >= 4 is 28.5 Å². The van der Waals surface area contributed by atoms with E-state index >= 15 is 0 Å². The molecule has 2 aromatic heterocycles. The molecule has 0 bridgehead atoms. The molecule has 0 saturated carbocycles. The lowest BCUT2D eigenvalue weighted by atomic mass is 10.3. The highest BCUT2D eigenvalue weighted by atomic mass is 32.2. The zero-order valence-corrected chi connectivity index (χ0v) is 10.4. The number of anilines is 1. The number of aryl methyl sites for hydroxylation is 1. The van der Waals surface area contributed by atoms with Crippen molar-refractivity contribution in [3.8, 4) is 0 Å². The number of benzene rings is 1. The fourth-order valence-corrected chi connectivity index (χ4v) is 2.30. The van der Waals surface area contributed by atoms with Crippen LogP contribution in [0.1, 0.15) is 5.69 Å². The highest BCUT2D eigenvalue weighted by molar-refractivity contribution is 7.99. The summed E-state index contributed by atoms with van der Waals surface area (Å²) in [5.74, 6) is 0. The summed E-state index contributed by atoms with van der Waals surface area (Å²) >= 11 is 1.35. The Kier molecular flexibility index (Phi) is 2.64. The van der Waals surface area contributed by atoms with Gasteiger partial charge in [-0.05, 0) is 36.9 Å². The minimum absolute atomic E-state index is 0.541. The van der Waals surface area contributed by atoms with Crippen LogP contribution >= 0.6 is 11.8 Å². The van der Waals surface area contributed by atoms with Crippen LogP contribution in [0.15, 0.2) is 45.3 Å². The molecule has 2 heterocycles. The molecule has 6 heteroatoms. The lowest BCUT2D eigenvalue weighted by Crippen LogP contribution is -1.87. The van der Waals surface area contributed by atoms with E-state index in [1.807, 2.05) is 13.0 Å². The summed E-state index contributed by atoms with van der Waals surface area (Å²) < 4.78 is 5.61. The number of nitrogens with zero attached hydrogens (tertiary/aromatic N) is 3. The average Bonchev–Trinajstić information content (AvgIpc) is 2.73. The van der Waals surface area contributed by atoms with Crippen molar-refractivity contribution < 1.29 is 4.42 Å². The molecule has 2 N–H and O–H groups in total. The van der Waals surface area contributed by atoms with Crippen molar-refractivity contribution in [1.29, 1.82) is 0 Å². The molecule has 0 aliphatic heterocycles. The molecule has 0 spiro atoms. The first kappa shape index (κ1) is 11.0. The normalized spacial score (nSPS) is 10.9. The van der Waals surface area contributed by atoms with Crippen LogP contribution in [0.5, 0.6) is 0 Å². The summed E-state index contributed by atoms with van der Waals surface area (Å²) in [6, 6.07) is 5.38. The zero-order valence-electron chi connectivity index (χ0n) is 9.62. The number of fused-ring (bicyclic) bond motifs is 1. The van der Waals surface area contributed by atoms with E-state index in [2.05, 4.69) is 15.0 Å². The fourth-order valence-electron chi connectivity index (χ4n) is 1.54. The van der Waals surface area contributed by atoms with Crippen LogP contribution in [0.3, 0.4) is 0 Å². The summed E-state index contributed by atoms with van der Waals surface area (Å²) in [6.07, 6.45) is 3.31. The standard InChI is InChI=1S/C12H10N4OS/c1-7-11(15-5-4-14-7)18-12-16-9-6-8(13)2-3-10(9)17-12/h2-6H,13H2,1H3. The van der Waals surface area contributed by atoms with Gasteiger partial charge in [-0.25, -0.2) is 9.97 Å². The first-order valence-corrected chi connectivity index (χ1v) is 6.15. The quantitative estimate of drug-likeness (QED) is 0.712. The number of nitrogens with two attached hydrogens (primary N) is 1. The average molecular weight is 258 g/mol. The van der Waals surface area contributed by atoms with Gasteiger partial charge in [0.05, 0.1) is 5.69 Å². The van der Waals surface area contributed by atoms with Crippen LogP contribution in [0.2, 0.25) is 0 Å². The Labute approximate surface area is 107 Å². The summed E-state index contributed by atoms with van der Waals surface area (Å²) in [6.45, 7) is 1.90. The molecule has 0 radical (unpaired) electrons. The summed E-state index contributed by atoms with van der Waals surface area (Å²) in [7, 11) is 0. The van der Waals surface area contributed by atoms with Crippen molar-refractivity contribution in [2.75, 3.05) is 5.73 Å². The third-order valence-corrected chi connectivity index (χ3v) is 3.36. The Morgan fingerprint density at radius 2 is 2.06 bits per heavy atom. The molecule has 0 atom stereocenters. The van der Waals surface area contributed by atoms with Gasteiger partial charge in [0.25, 0.3) is 5.22 Å². The monoisotopic (exact) mass is 258 g/mol. The molecule has 0 amide bonds. The number of nitrogen functional groups attached to an aromatic ring is 1. The molecule has 0 aliphatic carbocycles. The SMILES string of the molecule is Cc1nccnc1Sc1nc2cc(N)ccc2o1. The third kappa shape index (κ3) is 2.02. The van der Waals surface area contributed by atoms with Crippen molar-refractivity contribution in [3.05, 3.63) is 36.3 Å². The molecule has 1 aromatic carbocycles. The largest absolute Gasteiger partial charge is 0.431 e. The lowest BCUT2D eigenvalue weighted by molar-refractivity contribution is 0.489. The van der Waals surface area contributed by atoms with Gasteiger partial charge in [-0.1, -0.05) is 0 Å². The van der Waals surface area contributed by atoms with E-state index in [-0.39, 0.29) is 0 Å². The highest BCUT2D eigenvalue weighted by Gasteiger charge is 2.10. The molecular formula is C12H10N4OS. The van der Waals surface area contributed by atoms with Gasteiger partial charge in [-0.15, -0.1) is 0 Å². The first-order valence-electron chi connectivity index (χ1n) is 5.34. The van der Waals surface area contributed by atoms with Crippen molar-refractivity contribution in [2.24, 2.45) is 0 Å². The minimum Gasteiger partial charge on any atom is -0.431 e. The van der Waals surface area contributed by atoms with E-state index < -0.39 is 0 Å². The molecule has 0 unspecified atom stereocenters. The van der Waals surface area contributed by atoms with E-state index in [0.29, 0.717) is 16.5 Å². The van der Waals surface area contributed by atoms with E-state index in [4.69, 9.17) is 10.2 Å². The Morgan fingerprint density at radius 1 is 1.22 bits per heavy atom. The zero-order chi connectivity index (χ0) is 12.5. The van der Waals surface area contributed by atoms with Gasteiger partial charge >= 0.3 is 0 Å². The van der Waals surface area contributed by atoms with Crippen molar-refractivity contribution in [1.82, 2.24) is 15.0 Å². The molecule has 3 rings (SSSR count). The Bertz CT molecular complexity index is 710. The molecular weight excluding hydrogens is 248 g/mol. The topological polar surface area (TPSA) is 77.8 Å². The third-order valence-electron chi connectivity index (χ3n) is 2.41. The van der Waals surface area contributed by atoms with Crippen LogP contribution in [-0.2, 0) is 0 Å². The predicted molar refractivity (Wildman–Crippen MR) is 69.3 cm³/mol. The Hall–Kier alpha value is -2.08. The maximum absolute atomic E-state index is 5.70. The van der Waals surface area contributed by atoms with Gasteiger partial charge in [-0.2, -0.15) is 0 Å². The van der Waals surface area contributed by atoms with Gasteiger partial charge in [0, 0.05) is 18.1 Å². The maximum Gasteiger partial charge on any atom is 0.263 e. The number of aromatic nitrogens is 3. The number of rotatable bonds is 2. The van der Waals surface area contributed by atoms with E-state index in [0.717, 1.165) is 16.2 Å². The predicted octanol–water partition coefficient (Wildman–Crippen LogP) is 2.66. The molecule has 0 aliphatic rings. The molecule has 0 fully saturated rings. The Balaban J connectivity index is 1.98. The highest BCUT2D eigenvalue weighted by Crippen LogP contribution is 2.30. The molecule has 90 valence electrons. The van der Waals surface area contributed by atoms with Gasteiger partial charge in [0.1, 0.15) is 10.5 Å². The van der Waals surface area contributed by atoms with Gasteiger partial charge < -0.3 is 10.2 Å².